The zero-order chi connectivity index (χ0) is 15.5. The van der Waals surface area contributed by atoms with E-state index in [0.717, 1.165) is 5.56 Å². The fourth-order valence-corrected chi connectivity index (χ4v) is 2.74. The van der Waals surface area contributed by atoms with Crippen molar-refractivity contribution in [1.29, 1.82) is 0 Å². The molecule has 1 atom stereocenters. The Morgan fingerprint density at radius 1 is 1.45 bits per heavy atom. The van der Waals surface area contributed by atoms with Crippen LogP contribution in [-0.4, -0.2) is 46.4 Å². The van der Waals surface area contributed by atoms with Gasteiger partial charge in [0.1, 0.15) is 0 Å². The van der Waals surface area contributed by atoms with Crippen LogP contribution >= 0.6 is 11.6 Å². The molecule has 0 spiro atoms. The molecule has 116 valence electrons. The van der Waals surface area contributed by atoms with E-state index >= 15 is 0 Å². The summed E-state index contributed by atoms with van der Waals surface area (Å²) < 4.78 is 7.20. The van der Waals surface area contributed by atoms with Gasteiger partial charge in [0.2, 0.25) is 0 Å². The first-order chi connectivity index (χ1) is 10.6. The van der Waals surface area contributed by atoms with Crippen LogP contribution in [-0.2, 0) is 11.3 Å². The van der Waals surface area contributed by atoms with E-state index in [2.05, 4.69) is 5.10 Å². The van der Waals surface area contributed by atoms with Crippen LogP contribution in [0.2, 0.25) is 5.02 Å². The molecule has 3 rings (SSSR count). The highest BCUT2D eigenvalue weighted by molar-refractivity contribution is 6.31. The van der Waals surface area contributed by atoms with Crippen molar-refractivity contribution in [3.8, 4) is 0 Å². The number of benzene rings is 1. The summed E-state index contributed by atoms with van der Waals surface area (Å²) in [5.41, 5.74) is 1.58. The molecule has 2 heterocycles. The van der Waals surface area contributed by atoms with E-state index in [1.165, 1.54) is 0 Å². The van der Waals surface area contributed by atoms with Crippen molar-refractivity contribution >= 4 is 17.5 Å². The summed E-state index contributed by atoms with van der Waals surface area (Å²) in [6, 6.07) is 7.63. The first-order valence-corrected chi connectivity index (χ1v) is 7.68. The number of amides is 1. The van der Waals surface area contributed by atoms with Crippen LogP contribution in [0.1, 0.15) is 22.8 Å². The molecule has 0 unspecified atom stereocenters. The van der Waals surface area contributed by atoms with Gasteiger partial charge < -0.3 is 9.64 Å². The van der Waals surface area contributed by atoms with Gasteiger partial charge >= 0.3 is 0 Å². The van der Waals surface area contributed by atoms with Crippen LogP contribution in [0.5, 0.6) is 0 Å². The normalized spacial score (nSPS) is 18.5. The average molecular weight is 320 g/mol. The number of hydrogen-bond acceptors (Lipinski definition) is 3. The third-order valence-electron chi connectivity index (χ3n) is 3.70. The van der Waals surface area contributed by atoms with E-state index in [9.17, 15) is 4.79 Å². The monoisotopic (exact) mass is 319 g/mol. The quantitative estimate of drug-likeness (QED) is 0.873. The minimum atomic E-state index is 0.000517. The smallest absolute Gasteiger partial charge is 0.257 e. The maximum Gasteiger partial charge on any atom is 0.257 e. The Morgan fingerprint density at radius 3 is 3.05 bits per heavy atom. The summed E-state index contributed by atoms with van der Waals surface area (Å²) in [4.78, 5) is 14.3. The molecular formula is C16H18ClN3O2. The molecule has 1 aliphatic heterocycles. The number of carbonyl (C=O) groups is 1. The number of ether oxygens (including phenoxy) is 1. The van der Waals surface area contributed by atoms with Crippen molar-refractivity contribution in [2.45, 2.75) is 19.6 Å². The highest BCUT2D eigenvalue weighted by Gasteiger charge is 2.23. The van der Waals surface area contributed by atoms with Gasteiger partial charge in [-0.2, -0.15) is 5.10 Å². The molecule has 0 radical (unpaired) electrons. The van der Waals surface area contributed by atoms with Gasteiger partial charge in [-0.25, -0.2) is 0 Å². The van der Waals surface area contributed by atoms with Crippen molar-refractivity contribution in [1.82, 2.24) is 14.7 Å². The Balaban J connectivity index is 1.71. The van der Waals surface area contributed by atoms with E-state index < -0.39 is 0 Å². The van der Waals surface area contributed by atoms with E-state index in [-0.39, 0.29) is 12.0 Å². The lowest BCUT2D eigenvalue weighted by atomic mass is 10.2. The zero-order valence-electron chi connectivity index (χ0n) is 12.4. The maximum atomic E-state index is 12.5. The minimum absolute atomic E-state index is 0.000517. The highest BCUT2D eigenvalue weighted by Crippen LogP contribution is 2.16. The van der Waals surface area contributed by atoms with Gasteiger partial charge in [-0.15, -0.1) is 0 Å². The third kappa shape index (κ3) is 3.31. The Morgan fingerprint density at radius 2 is 2.27 bits per heavy atom. The standard InChI is InChI=1S/C16H18ClN3O2/c1-12-9-19(6-7-22-12)16(21)14-8-18-20(11-14)10-13-4-2-3-5-15(13)17/h2-5,8,11-12H,6-7,9-10H2,1H3/t12-/m1/s1. The van der Waals surface area contributed by atoms with Crippen LogP contribution in [0.3, 0.4) is 0 Å². The topological polar surface area (TPSA) is 47.4 Å². The predicted molar refractivity (Wildman–Crippen MR) is 84.1 cm³/mol. The summed E-state index contributed by atoms with van der Waals surface area (Å²) in [6.45, 7) is 4.35. The molecule has 0 aliphatic carbocycles. The molecule has 1 saturated heterocycles. The fourth-order valence-electron chi connectivity index (χ4n) is 2.55. The van der Waals surface area contributed by atoms with Crippen molar-refractivity contribution < 1.29 is 9.53 Å². The van der Waals surface area contributed by atoms with E-state index in [1.807, 2.05) is 36.1 Å². The molecular weight excluding hydrogens is 302 g/mol. The second-order valence-corrected chi connectivity index (χ2v) is 5.86. The van der Waals surface area contributed by atoms with Crippen LogP contribution in [0.4, 0.5) is 0 Å². The number of nitrogens with zero attached hydrogens (tertiary/aromatic N) is 3. The largest absolute Gasteiger partial charge is 0.375 e. The summed E-state index contributed by atoms with van der Waals surface area (Å²) >= 11 is 6.15. The lowest BCUT2D eigenvalue weighted by Crippen LogP contribution is -2.44. The van der Waals surface area contributed by atoms with E-state index in [4.69, 9.17) is 16.3 Å². The van der Waals surface area contributed by atoms with Gasteiger partial charge in [-0.05, 0) is 18.6 Å². The predicted octanol–water partition coefficient (Wildman–Crippen LogP) is 2.45. The van der Waals surface area contributed by atoms with Gasteiger partial charge in [0.25, 0.3) is 5.91 Å². The number of carbonyl (C=O) groups excluding carboxylic acids is 1. The van der Waals surface area contributed by atoms with Gasteiger partial charge in [0.05, 0.1) is 31.0 Å². The molecule has 0 saturated carbocycles. The van der Waals surface area contributed by atoms with Crippen molar-refractivity contribution in [3.63, 3.8) is 0 Å². The molecule has 1 aromatic heterocycles. The van der Waals surface area contributed by atoms with Crippen LogP contribution in [0.15, 0.2) is 36.7 Å². The Labute approximate surface area is 134 Å². The van der Waals surface area contributed by atoms with Crippen molar-refractivity contribution in [2.75, 3.05) is 19.7 Å². The first kappa shape index (κ1) is 15.1. The zero-order valence-corrected chi connectivity index (χ0v) is 13.2. The molecule has 1 aromatic carbocycles. The fraction of sp³-hybridized carbons (Fsp3) is 0.375. The van der Waals surface area contributed by atoms with E-state index in [0.29, 0.717) is 36.8 Å². The second kappa shape index (κ2) is 6.50. The third-order valence-corrected chi connectivity index (χ3v) is 4.07. The molecule has 5 nitrogen and oxygen atoms in total. The molecule has 1 amide bonds. The molecule has 6 heteroatoms. The summed E-state index contributed by atoms with van der Waals surface area (Å²) in [6.07, 6.45) is 3.46. The molecule has 22 heavy (non-hydrogen) atoms. The SMILES string of the molecule is C[C@@H]1CN(C(=O)c2cnn(Cc3ccccc3Cl)c2)CCO1. The molecule has 2 aromatic rings. The first-order valence-electron chi connectivity index (χ1n) is 7.30. The average Bonchev–Trinajstić information content (AvgIpc) is 2.97. The van der Waals surface area contributed by atoms with Gasteiger partial charge in [-0.1, -0.05) is 29.8 Å². The van der Waals surface area contributed by atoms with Crippen LogP contribution in [0.25, 0.3) is 0 Å². The molecule has 1 aliphatic rings. The summed E-state index contributed by atoms with van der Waals surface area (Å²) in [5.74, 6) is 0.000517. The van der Waals surface area contributed by atoms with E-state index in [1.54, 1.807) is 17.1 Å². The lowest BCUT2D eigenvalue weighted by Gasteiger charge is -2.30. The van der Waals surface area contributed by atoms with Crippen LogP contribution < -0.4 is 0 Å². The second-order valence-electron chi connectivity index (χ2n) is 5.45. The van der Waals surface area contributed by atoms with Gasteiger partial charge in [0.15, 0.2) is 0 Å². The Bertz CT molecular complexity index is 671. The molecule has 0 bridgehead atoms. The van der Waals surface area contributed by atoms with Crippen molar-refractivity contribution in [2.24, 2.45) is 0 Å². The highest BCUT2D eigenvalue weighted by atomic mass is 35.5. The Kier molecular flexibility index (Phi) is 4.45. The number of morpholine rings is 1. The minimum Gasteiger partial charge on any atom is -0.375 e. The maximum absolute atomic E-state index is 12.5. The number of halogens is 1. The number of hydrogen-bond donors (Lipinski definition) is 0. The van der Waals surface area contributed by atoms with Gasteiger partial charge in [0, 0.05) is 24.3 Å². The summed E-state index contributed by atoms with van der Waals surface area (Å²) in [5, 5.41) is 4.97. The Hall–Kier alpha value is -1.85. The van der Waals surface area contributed by atoms with Crippen molar-refractivity contribution in [3.05, 3.63) is 52.8 Å². The summed E-state index contributed by atoms with van der Waals surface area (Å²) in [7, 11) is 0. The molecule has 1 fully saturated rings. The van der Waals surface area contributed by atoms with Gasteiger partial charge in [-0.3, -0.25) is 9.48 Å². The number of aromatic nitrogens is 2. The lowest BCUT2D eigenvalue weighted by molar-refractivity contribution is -0.0124. The number of rotatable bonds is 3. The van der Waals surface area contributed by atoms with Crippen LogP contribution in [0, 0.1) is 0 Å². The molecule has 0 N–H and O–H groups in total.